The third kappa shape index (κ3) is 3.10. The molecule has 1 aliphatic carbocycles. The fourth-order valence-corrected chi connectivity index (χ4v) is 4.15. The van der Waals surface area contributed by atoms with Gasteiger partial charge in [-0.1, -0.05) is 12.1 Å². The van der Waals surface area contributed by atoms with Crippen molar-refractivity contribution in [3.8, 4) is 5.88 Å². The number of aromatic nitrogens is 4. The first-order valence-electron chi connectivity index (χ1n) is 9.85. The average molecular weight is 376 g/mol. The summed E-state index contributed by atoms with van der Waals surface area (Å²) >= 11 is 0. The average Bonchev–Trinajstić information content (AvgIpc) is 3.44. The van der Waals surface area contributed by atoms with Crippen molar-refractivity contribution in [1.29, 1.82) is 0 Å². The van der Waals surface area contributed by atoms with Gasteiger partial charge in [-0.25, -0.2) is 19.9 Å². The highest BCUT2D eigenvalue weighted by Gasteiger charge is 2.39. The molecule has 0 radical (unpaired) electrons. The number of hydrogen-bond acceptors (Lipinski definition) is 7. The second-order valence-electron chi connectivity index (χ2n) is 7.57. The van der Waals surface area contributed by atoms with Gasteiger partial charge in [-0.3, -0.25) is 0 Å². The van der Waals surface area contributed by atoms with Crippen LogP contribution < -0.4 is 14.5 Å². The minimum absolute atomic E-state index is 0.403. The summed E-state index contributed by atoms with van der Waals surface area (Å²) in [5.41, 5.74) is 2.89. The second kappa shape index (κ2) is 6.89. The Morgan fingerprint density at radius 3 is 2.57 bits per heavy atom. The van der Waals surface area contributed by atoms with E-state index in [1.807, 2.05) is 30.3 Å². The first kappa shape index (κ1) is 17.2. The van der Waals surface area contributed by atoms with Gasteiger partial charge in [-0.05, 0) is 38.3 Å². The Bertz CT molecular complexity index is 1010. The Hall–Kier alpha value is -2.96. The van der Waals surface area contributed by atoms with E-state index in [4.69, 9.17) is 14.7 Å². The highest BCUT2D eigenvalue weighted by atomic mass is 16.5. The maximum absolute atomic E-state index is 5.31. The molecule has 7 nitrogen and oxygen atoms in total. The molecular weight excluding hydrogens is 352 g/mol. The van der Waals surface area contributed by atoms with Crippen molar-refractivity contribution in [3.63, 3.8) is 0 Å². The topological polar surface area (TPSA) is 67.3 Å². The van der Waals surface area contributed by atoms with E-state index in [2.05, 4.69) is 26.7 Å². The first-order chi connectivity index (χ1) is 13.7. The molecule has 0 amide bonds. The maximum atomic E-state index is 5.31. The summed E-state index contributed by atoms with van der Waals surface area (Å²) in [4.78, 5) is 23.2. The molecule has 1 unspecified atom stereocenters. The number of anilines is 2. The zero-order chi connectivity index (χ0) is 19.1. The van der Waals surface area contributed by atoms with Gasteiger partial charge < -0.3 is 14.5 Å². The molecule has 1 saturated carbocycles. The molecule has 3 heterocycles. The van der Waals surface area contributed by atoms with Crippen molar-refractivity contribution in [3.05, 3.63) is 42.4 Å². The fraction of sp³-hybridized carbons (Fsp3) is 0.429. The molecule has 0 N–H and O–H groups in total. The molecule has 2 aliphatic rings. The number of para-hydroxylation sites is 2. The van der Waals surface area contributed by atoms with Gasteiger partial charge in [-0.2, -0.15) is 0 Å². The summed E-state index contributed by atoms with van der Waals surface area (Å²) in [5, 5.41) is 0. The number of methoxy groups -OCH3 is 1. The van der Waals surface area contributed by atoms with Gasteiger partial charge in [0, 0.05) is 31.2 Å². The molecule has 0 bridgehead atoms. The lowest BCUT2D eigenvalue weighted by molar-refractivity contribution is 0.396. The maximum Gasteiger partial charge on any atom is 0.218 e. The van der Waals surface area contributed by atoms with Crippen LogP contribution in [0.25, 0.3) is 11.0 Å². The molecule has 2 aromatic heterocycles. The molecule has 1 aromatic carbocycles. The van der Waals surface area contributed by atoms with Crippen LogP contribution in [-0.2, 0) is 0 Å². The number of nitrogens with zero attached hydrogens (tertiary/aromatic N) is 6. The van der Waals surface area contributed by atoms with E-state index >= 15 is 0 Å². The van der Waals surface area contributed by atoms with Crippen LogP contribution in [0.4, 0.5) is 11.6 Å². The van der Waals surface area contributed by atoms with E-state index in [1.54, 1.807) is 13.4 Å². The van der Waals surface area contributed by atoms with E-state index < -0.39 is 0 Å². The van der Waals surface area contributed by atoms with Gasteiger partial charge in [0.15, 0.2) is 5.82 Å². The molecule has 0 spiro atoms. The van der Waals surface area contributed by atoms with Gasteiger partial charge in [-0.15, -0.1) is 0 Å². The second-order valence-corrected chi connectivity index (χ2v) is 7.57. The van der Waals surface area contributed by atoms with Crippen LogP contribution in [0.3, 0.4) is 0 Å². The Balaban J connectivity index is 1.42. The van der Waals surface area contributed by atoms with Gasteiger partial charge in [0.05, 0.1) is 23.8 Å². The fourth-order valence-electron chi connectivity index (χ4n) is 4.15. The molecule has 1 atom stereocenters. The molecule has 2 fully saturated rings. The smallest absolute Gasteiger partial charge is 0.218 e. The van der Waals surface area contributed by atoms with Crippen LogP contribution in [0.15, 0.2) is 36.7 Å². The quantitative estimate of drug-likeness (QED) is 0.678. The Morgan fingerprint density at radius 2 is 1.82 bits per heavy atom. The number of rotatable bonds is 5. The van der Waals surface area contributed by atoms with E-state index in [0.29, 0.717) is 18.0 Å². The summed E-state index contributed by atoms with van der Waals surface area (Å²) in [6.07, 6.45) is 5.11. The largest absolute Gasteiger partial charge is 0.481 e. The summed E-state index contributed by atoms with van der Waals surface area (Å²) in [7, 11) is 1.64. The number of benzene rings is 1. The van der Waals surface area contributed by atoms with Crippen LogP contribution in [0.1, 0.15) is 25.0 Å². The van der Waals surface area contributed by atoms with Crippen molar-refractivity contribution in [2.24, 2.45) is 0 Å². The van der Waals surface area contributed by atoms with Crippen LogP contribution >= 0.6 is 0 Å². The van der Waals surface area contributed by atoms with Crippen LogP contribution in [-0.4, -0.2) is 52.2 Å². The lowest BCUT2D eigenvalue weighted by Gasteiger charge is -2.30. The van der Waals surface area contributed by atoms with E-state index in [9.17, 15) is 0 Å². The summed E-state index contributed by atoms with van der Waals surface area (Å²) in [6, 6.07) is 11.0. The zero-order valence-electron chi connectivity index (χ0n) is 16.2. The third-order valence-electron chi connectivity index (χ3n) is 5.62. The van der Waals surface area contributed by atoms with Crippen LogP contribution in [0, 0.1) is 6.92 Å². The number of ether oxygens (including phenoxy) is 1. The number of aryl methyl sites for hydroxylation is 1. The van der Waals surface area contributed by atoms with Crippen molar-refractivity contribution in [1.82, 2.24) is 19.9 Å². The molecule has 1 saturated heterocycles. The first-order valence-corrected chi connectivity index (χ1v) is 9.85. The van der Waals surface area contributed by atoms with Gasteiger partial charge >= 0.3 is 0 Å². The Kier molecular flexibility index (Phi) is 4.22. The Labute approximate surface area is 164 Å². The molecule has 1 aliphatic heterocycles. The van der Waals surface area contributed by atoms with Crippen molar-refractivity contribution < 1.29 is 4.74 Å². The van der Waals surface area contributed by atoms with Crippen LogP contribution in [0.5, 0.6) is 5.88 Å². The molecule has 3 aromatic rings. The van der Waals surface area contributed by atoms with E-state index in [1.165, 1.54) is 12.8 Å². The monoisotopic (exact) mass is 376 g/mol. The van der Waals surface area contributed by atoms with Gasteiger partial charge in [0.2, 0.25) is 5.88 Å². The minimum Gasteiger partial charge on any atom is -0.481 e. The lowest BCUT2D eigenvalue weighted by Crippen LogP contribution is -2.40. The summed E-state index contributed by atoms with van der Waals surface area (Å²) < 4.78 is 5.31. The van der Waals surface area contributed by atoms with Crippen molar-refractivity contribution in [2.45, 2.75) is 38.3 Å². The molecule has 144 valence electrons. The third-order valence-corrected chi connectivity index (χ3v) is 5.62. The SMILES string of the molecule is COc1cc(N(C2CC2)C2CCN(c3nc4ccccc4nc3C)C2)ncn1. The highest BCUT2D eigenvalue weighted by Crippen LogP contribution is 2.36. The zero-order valence-corrected chi connectivity index (χ0v) is 16.2. The molecule has 7 heteroatoms. The van der Waals surface area contributed by atoms with Gasteiger partial charge in [0.25, 0.3) is 0 Å². The van der Waals surface area contributed by atoms with Gasteiger partial charge in [0.1, 0.15) is 12.1 Å². The molecule has 5 rings (SSSR count). The molecule has 28 heavy (non-hydrogen) atoms. The van der Waals surface area contributed by atoms with E-state index in [0.717, 1.165) is 47.9 Å². The number of fused-ring (bicyclic) bond motifs is 1. The summed E-state index contributed by atoms with van der Waals surface area (Å²) in [5.74, 6) is 2.57. The normalized spacial score (nSPS) is 19.2. The Morgan fingerprint density at radius 1 is 1.04 bits per heavy atom. The standard InChI is InChI=1S/C21H24N6O/c1-14-21(25-18-6-4-3-5-17(18)24-14)26-10-9-16(12-26)27(15-7-8-15)19-11-20(28-2)23-13-22-19/h3-6,11,13,15-16H,7-10,12H2,1-2H3. The predicted molar refractivity (Wildman–Crippen MR) is 109 cm³/mol. The van der Waals surface area contributed by atoms with E-state index in [-0.39, 0.29) is 0 Å². The predicted octanol–water partition coefficient (Wildman–Crippen LogP) is 2.98. The molecular formula is C21H24N6O. The highest BCUT2D eigenvalue weighted by molar-refractivity contribution is 5.76. The van der Waals surface area contributed by atoms with Crippen LogP contribution in [0.2, 0.25) is 0 Å². The lowest BCUT2D eigenvalue weighted by atomic mass is 10.2. The number of hydrogen-bond donors (Lipinski definition) is 0. The minimum atomic E-state index is 0.403. The van der Waals surface area contributed by atoms with Crippen molar-refractivity contribution in [2.75, 3.05) is 30.0 Å². The summed E-state index contributed by atoms with van der Waals surface area (Å²) in [6.45, 7) is 3.96. The van der Waals surface area contributed by atoms with Crippen molar-refractivity contribution >= 4 is 22.7 Å².